The molecule has 1 aliphatic carbocycles. The van der Waals surface area contributed by atoms with Crippen LogP contribution in [0.5, 0.6) is 0 Å². The van der Waals surface area contributed by atoms with E-state index in [-0.39, 0.29) is 12.5 Å². The summed E-state index contributed by atoms with van der Waals surface area (Å²) < 4.78 is 3.38. The summed E-state index contributed by atoms with van der Waals surface area (Å²) in [4.78, 5) is 21.6. The Morgan fingerprint density at radius 1 is 1.41 bits per heavy atom. The van der Waals surface area contributed by atoms with Crippen LogP contribution in [0.1, 0.15) is 37.5 Å². The van der Waals surface area contributed by atoms with Gasteiger partial charge in [-0.25, -0.2) is 9.78 Å². The molecule has 0 spiro atoms. The lowest BCUT2D eigenvalue weighted by atomic mass is 9.85. The van der Waals surface area contributed by atoms with Crippen molar-refractivity contribution in [3.63, 3.8) is 0 Å². The van der Waals surface area contributed by atoms with Crippen molar-refractivity contribution in [2.75, 3.05) is 13.6 Å². The average Bonchev–Trinajstić information content (AvgIpc) is 3.26. The van der Waals surface area contributed by atoms with Gasteiger partial charge in [0, 0.05) is 19.6 Å². The molecule has 1 fully saturated rings. The van der Waals surface area contributed by atoms with Crippen LogP contribution in [-0.4, -0.2) is 44.2 Å². The lowest BCUT2D eigenvalue weighted by Crippen LogP contribution is -2.32. The van der Waals surface area contributed by atoms with E-state index in [0.29, 0.717) is 12.5 Å². The highest BCUT2D eigenvalue weighted by Crippen LogP contribution is 2.38. The highest BCUT2D eigenvalue weighted by Gasteiger charge is 2.28. The predicted molar refractivity (Wildman–Crippen MR) is 104 cm³/mol. The number of carboxylic acid groups (broad SMARTS) is 1. The molecule has 0 unspecified atom stereocenters. The fourth-order valence-electron chi connectivity index (χ4n) is 4.17. The third kappa shape index (κ3) is 3.23. The maximum absolute atomic E-state index is 11.1. The number of hydrogen-bond acceptors (Lipinski definition) is 5. The van der Waals surface area contributed by atoms with Crippen LogP contribution in [0.15, 0.2) is 17.6 Å². The van der Waals surface area contributed by atoms with E-state index >= 15 is 0 Å². The fraction of sp³-hybridized carbons (Fsp3) is 0.474. The molecule has 3 aromatic rings. The summed E-state index contributed by atoms with van der Waals surface area (Å²) in [6.07, 6.45) is 5.10. The van der Waals surface area contributed by atoms with Crippen LogP contribution in [0.3, 0.4) is 0 Å². The number of pyridine rings is 1. The number of nitrogens with zero attached hydrogens (tertiary/aromatic N) is 5. The van der Waals surface area contributed by atoms with Gasteiger partial charge in [0.15, 0.2) is 0 Å². The van der Waals surface area contributed by atoms with E-state index in [9.17, 15) is 10.1 Å². The first-order valence-electron chi connectivity index (χ1n) is 9.12. The smallest absolute Gasteiger partial charge is 0.407 e. The van der Waals surface area contributed by atoms with Crippen molar-refractivity contribution in [1.82, 2.24) is 19.4 Å². The highest BCUT2D eigenvalue weighted by molar-refractivity contribution is 7.18. The monoisotopic (exact) mass is 383 g/mol. The fourth-order valence-corrected chi connectivity index (χ4v) is 5.05. The predicted octanol–water partition coefficient (Wildman–Crippen LogP) is 4.05. The lowest BCUT2D eigenvalue weighted by molar-refractivity contribution is 0.140. The van der Waals surface area contributed by atoms with E-state index in [1.165, 1.54) is 4.90 Å². The van der Waals surface area contributed by atoms with Crippen LogP contribution < -0.4 is 0 Å². The Balaban J connectivity index is 1.65. The second-order valence-corrected chi connectivity index (χ2v) is 8.11. The number of hydrogen-bond donors (Lipinski definition) is 1. The van der Waals surface area contributed by atoms with Gasteiger partial charge in [-0.1, -0.05) is 0 Å². The third-order valence-electron chi connectivity index (χ3n) is 5.47. The molecule has 140 valence electrons. The number of amides is 1. The van der Waals surface area contributed by atoms with E-state index in [1.807, 2.05) is 11.4 Å². The molecule has 0 aromatic carbocycles. The molecule has 1 amide bonds. The van der Waals surface area contributed by atoms with Crippen LogP contribution in [0.2, 0.25) is 0 Å². The van der Waals surface area contributed by atoms with Gasteiger partial charge >= 0.3 is 6.09 Å². The Morgan fingerprint density at radius 2 is 2.19 bits per heavy atom. The largest absolute Gasteiger partial charge is 0.465 e. The molecular weight excluding hydrogens is 362 g/mol. The Kier molecular flexibility index (Phi) is 4.70. The Bertz CT molecular complexity index is 1030. The minimum Gasteiger partial charge on any atom is -0.465 e. The summed E-state index contributed by atoms with van der Waals surface area (Å²) in [5, 5.41) is 20.4. The van der Waals surface area contributed by atoms with Gasteiger partial charge in [0.2, 0.25) is 0 Å². The van der Waals surface area contributed by atoms with Crippen molar-refractivity contribution in [3.8, 4) is 6.07 Å². The van der Waals surface area contributed by atoms with Crippen molar-refractivity contribution in [1.29, 1.82) is 5.26 Å². The molecule has 0 saturated heterocycles. The van der Waals surface area contributed by atoms with E-state index in [2.05, 4.69) is 15.6 Å². The first-order valence-corrected chi connectivity index (χ1v) is 10.0. The zero-order valence-corrected chi connectivity index (χ0v) is 15.9. The molecule has 0 radical (unpaired) electrons. The number of aromatic nitrogens is 3. The second kappa shape index (κ2) is 7.16. The van der Waals surface area contributed by atoms with Gasteiger partial charge in [-0.2, -0.15) is 5.26 Å². The summed E-state index contributed by atoms with van der Waals surface area (Å²) in [7, 11) is 1.63. The Morgan fingerprint density at radius 3 is 2.89 bits per heavy atom. The van der Waals surface area contributed by atoms with Gasteiger partial charge in [-0.05, 0) is 43.0 Å². The van der Waals surface area contributed by atoms with Crippen LogP contribution in [0.25, 0.3) is 21.3 Å². The molecule has 1 N–H and O–H groups in total. The molecule has 0 bridgehead atoms. The van der Waals surface area contributed by atoms with Gasteiger partial charge in [0.25, 0.3) is 0 Å². The van der Waals surface area contributed by atoms with Crippen molar-refractivity contribution >= 4 is 38.7 Å². The van der Waals surface area contributed by atoms with E-state index in [1.54, 1.807) is 24.6 Å². The van der Waals surface area contributed by atoms with Crippen LogP contribution in [0, 0.1) is 17.2 Å². The highest BCUT2D eigenvalue weighted by atomic mass is 32.1. The van der Waals surface area contributed by atoms with E-state index in [4.69, 9.17) is 10.1 Å². The minimum absolute atomic E-state index is 0.281. The van der Waals surface area contributed by atoms with Gasteiger partial charge < -0.3 is 14.6 Å². The number of rotatable bonds is 4. The van der Waals surface area contributed by atoms with E-state index < -0.39 is 6.09 Å². The molecule has 8 heteroatoms. The van der Waals surface area contributed by atoms with E-state index in [0.717, 1.165) is 52.8 Å². The molecule has 0 atom stereocenters. The number of fused-ring (bicyclic) bond motifs is 3. The zero-order valence-electron chi connectivity index (χ0n) is 15.1. The normalized spacial score (nSPS) is 20.0. The van der Waals surface area contributed by atoms with Gasteiger partial charge in [0.05, 0.1) is 34.4 Å². The van der Waals surface area contributed by atoms with Gasteiger partial charge in [0.1, 0.15) is 11.3 Å². The van der Waals surface area contributed by atoms with Gasteiger partial charge in [-0.3, -0.25) is 4.98 Å². The van der Waals surface area contributed by atoms with Crippen molar-refractivity contribution in [3.05, 3.63) is 23.5 Å². The zero-order chi connectivity index (χ0) is 19.0. The van der Waals surface area contributed by atoms with Crippen LogP contribution in [-0.2, 0) is 6.42 Å². The number of thiophene rings is 1. The molecule has 4 rings (SSSR count). The standard InChI is InChI=1S/C19H21N5O2S/c1-23(19(25)26)11-12-2-4-13(5-3-12)24-16(6-8-20)22-15-10-21-14-7-9-27-18(14)17(15)24/h7,9-10,12-13H,2-6,11H2,1H3,(H,25,26). The molecular formula is C19H21N5O2S. The summed E-state index contributed by atoms with van der Waals surface area (Å²) in [5.74, 6) is 1.20. The quantitative estimate of drug-likeness (QED) is 0.733. The molecule has 7 nitrogen and oxygen atoms in total. The SMILES string of the molecule is CN(CC1CCC(n2c(CC#N)nc3cnc4ccsc4c32)CC1)C(=O)O. The lowest BCUT2D eigenvalue weighted by Gasteiger charge is -2.32. The maximum atomic E-state index is 11.1. The maximum Gasteiger partial charge on any atom is 0.407 e. The molecule has 1 aliphatic rings. The first-order chi connectivity index (χ1) is 13.1. The Labute approximate surface area is 160 Å². The Hall–Kier alpha value is -2.66. The number of nitriles is 1. The van der Waals surface area contributed by atoms with Crippen molar-refractivity contribution < 1.29 is 9.90 Å². The van der Waals surface area contributed by atoms with Gasteiger partial charge in [-0.15, -0.1) is 11.3 Å². The van der Waals surface area contributed by atoms with Crippen LogP contribution >= 0.6 is 11.3 Å². The molecule has 1 saturated carbocycles. The molecule has 0 aliphatic heterocycles. The molecule has 27 heavy (non-hydrogen) atoms. The number of carbonyl (C=O) groups is 1. The first kappa shape index (κ1) is 17.7. The topological polar surface area (TPSA) is 95.0 Å². The summed E-state index contributed by atoms with van der Waals surface area (Å²) in [5.41, 5.74) is 2.91. The van der Waals surface area contributed by atoms with Crippen molar-refractivity contribution in [2.45, 2.75) is 38.1 Å². The third-order valence-corrected chi connectivity index (χ3v) is 6.38. The summed E-state index contributed by atoms with van der Waals surface area (Å²) >= 11 is 1.66. The summed E-state index contributed by atoms with van der Waals surface area (Å²) in [6, 6.07) is 4.54. The summed E-state index contributed by atoms with van der Waals surface area (Å²) in [6.45, 7) is 0.580. The van der Waals surface area contributed by atoms with Crippen LogP contribution in [0.4, 0.5) is 4.79 Å². The molecule has 3 aromatic heterocycles. The van der Waals surface area contributed by atoms with Crippen molar-refractivity contribution in [2.24, 2.45) is 5.92 Å². The number of imidazole rings is 1. The second-order valence-electron chi connectivity index (χ2n) is 7.20. The average molecular weight is 383 g/mol. The molecule has 3 heterocycles. The minimum atomic E-state index is -0.873.